The summed E-state index contributed by atoms with van der Waals surface area (Å²) in [5.41, 5.74) is 3.15. The van der Waals surface area contributed by atoms with Crippen LogP contribution in [0.4, 0.5) is 11.4 Å². The molecule has 0 fully saturated rings. The van der Waals surface area contributed by atoms with Crippen LogP contribution in [0, 0.1) is 0 Å². The number of nitrogens with one attached hydrogen (secondary N) is 1. The third kappa shape index (κ3) is 2.98. The number of hydrogen-bond donors (Lipinski definition) is 3. The third-order valence-corrected chi connectivity index (χ3v) is 4.72. The van der Waals surface area contributed by atoms with Crippen LogP contribution in [0.1, 0.15) is 17.2 Å². The van der Waals surface area contributed by atoms with E-state index in [1.165, 1.54) is 12.1 Å². The van der Waals surface area contributed by atoms with Gasteiger partial charge in [-0.2, -0.15) is 0 Å². The lowest BCUT2D eigenvalue weighted by Gasteiger charge is -2.28. The second kappa shape index (κ2) is 6.56. The van der Waals surface area contributed by atoms with E-state index in [1.807, 2.05) is 24.3 Å². The number of phenolic OH excluding ortho intramolecular Hbond substituents is 2. The van der Waals surface area contributed by atoms with Crippen LogP contribution in [-0.2, 0) is 0 Å². The van der Waals surface area contributed by atoms with Crippen molar-refractivity contribution in [3.05, 3.63) is 81.8 Å². The van der Waals surface area contributed by atoms with Crippen LogP contribution in [0.5, 0.6) is 11.5 Å². The molecule has 0 saturated heterocycles. The average Bonchev–Trinajstić information content (AvgIpc) is 2.64. The van der Waals surface area contributed by atoms with E-state index in [0.29, 0.717) is 26.9 Å². The summed E-state index contributed by atoms with van der Waals surface area (Å²) in [7, 11) is 0. The van der Waals surface area contributed by atoms with Gasteiger partial charge in [0.2, 0.25) is 0 Å². The second-order valence-electron chi connectivity index (χ2n) is 5.96. The number of fused-ring (bicyclic) bond motifs is 1. The molecule has 1 heterocycles. The summed E-state index contributed by atoms with van der Waals surface area (Å²) in [5, 5.41) is 25.1. The largest absolute Gasteiger partial charge is 0.508 e. The Balaban J connectivity index is 1.95. The van der Waals surface area contributed by atoms with Gasteiger partial charge in [-0.3, -0.25) is 0 Å². The smallest absolute Gasteiger partial charge is 0.124 e. The van der Waals surface area contributed by atoms with Gasteiger partial charge in [-0.15, -0.1) is 0 Å². The van der Waals surface area contributed by atoms with Gasteiger partial charge in [0.05, 0.1) is 23.1 Å². The van der Waals surface area contributed by atoms with Gasteiger partial charge in [-0.25, -0.2) is 4.99 Å². The molecule has 4 nitrogen and oxygen atoms in total. The maximum Gasteiger partial charge on any atom is 0.124 e. The molecule has 3 N–H and O–H groups in total. The Kier molecular flexibility index (Phi) is 4.23. The second-order valence-corrected chi connectivity index (χ2v) is 6.83. The van der Waals surface area contributed by atoms with Gasteiger partial charge in [0.25, 0.3) is 0 Å². The summed E-state index contributed by atoms with van der Waals surface area (Å²) < 4.78 is 0. The minimum Gasteiger partial charge on any atom is -0.508 e. The molecule has 0 saturated carbocycles. The highest BCUT2D eigenvalue weighted by Crippen LogP contribution is 2.41. The first-order valence-corrected chi connectivity index (χ1v) is 8.70. The molecule has 0 radical (unpaired) electrons. The van der Waals surface area contributed by atoms with Gasteiger partial charge < -0.3 is 15.5 Å². The molecule has 0 spiro atoms. The molecule has 1 aliphatic heterocycles. The first-order chi connectivity index (χ1) is 12.5. The zero-order valence-corrected chi connectivity index (χ0v) is 15.0. The molecule has 1 atom stereocenters. The number of benzene rings is 3. The molecule has 1 aliphatic rings. The number of phenols is 2. The SMILES string of the molecule is Oc1ccc(Cl)cc1C1=Nc2ccccc2NC1c1cc(Cl)ccc1O. The number of para-hydroxylation sites is 2. The summed E-state index contributed by atoms with van der Waals surface area (Å²) in [6, 6.07) is 16.7. The molecule has 0 bridgehead atoms. The van der Waals surface area contributed by atoms with Crippen molar-refractivity contribution in [3.63, 3.8) is 0 Å². The van der Waals surface area contributed by atoms with E-state index < -0.39 is 6.04 Å². The van der Waals surface area contributed by atoms with Gasteiger partial charge in [0, 0.05) is 21.2 Å². The number of aromatic hydroxyl groups is 2. The van der Waals surface area contributed by atoms with Crippen molar-refractivity contribution >= 4 is 40.3 Å². The minimum absolute atomic E-state index is 0.0563. The highest BCUT2D eigenvalue weighted by Gasteiger charge is 2.29. The Labute approximate surface area is 160 Å². The molecule has 0 aromatic heterocycles. The summed E-state index contributed by atoms with van der Waals surface area (Å²) in [6.07, 6.45) is 0. The lowest BCUT2D eigenvalue weighted by atomic mass is 9.93. The van der Waals surface area contributed by atoms with Crippen molar-refractivity contribution < 1.29 is 10.2 Å². The molecular formula is C20H14Cl2N2O2. The zero-order valence-electron chi connectivity index (χ0n) is 13.4. The van der Waals surface area contributed by atoms with E-state index in [2.05, 4.69) is 5.32 Å². The predicted octanol–water partition coefficient (Wildman–Crippen LogP) is 5.69. The summed E-state index contributed by atoms with van der Waals surface area (Å²) in [4.78, 5) is 4.73. The molecule has 26 heavy (non-hydrogen) atoms. The fourth-order valence-electron chi connectivity index (χ4n) is 3.02. The van der Waals surface area contributed by atoms with E-state index in [4.69, 9.17) is 28.2 Å². The number of nitrogens with zero attached hydrogens (tertiary/aromatic N) is 1. The molecule has 3 aromatic carbocycles. The Morgan fingerprint density at radius 2 is 1.54 bits per heavy atom. The zero-order chi connectivity index (χ0) is 18.3. The van der Waals surface area contributed by atoms with Crippen LogP contribution in [0.3, 0.4) is 0 Å². The van der Waals surface area contributed by atoms with E-state index >= 15 is 0 Å². The quantitative estimate of drug-likeness (QED) is 0.531. The highest BCUT2D eigenvalue weighted by atomic mass is 35.5. The van der Waals surface area contributed by atoms with Crippen LogP contribution in [0.15, 0.2) is 65.7 Å². The van der Waals surface area contributed by atoms with E-state index in [0.717, 1.165) is 11.4 Å². The Bertz CT molecular complexity index is 1030. The topological polar surface area (TPSA) is 64.9 Å². The van der Waals surface area contributed by atoms with Crippen LogP contribution in [-0.4, -0.2) is 15.9 Å². The van der Waals surface area contributed by atoms with Crippen molar-refractivity contribution in [3.8, 4) is 11.5 Å². The maximum absolute atomic E-state index is 10.4. The number of anilines is 1. The van der Waals surface area contributed by atoms with Crippen molar-refractivity contribution in [2.24, 2.45) is 4.99 Å². The fourth-order valence-corrected chi connectivity index (χ4v) is 3.37. The average molecular weight is 385 g/mol. The first-order valence-electron chi connectivity index (χ1n) is 7.94. The maximum atomic E-state index is 10.4. The van der Waals surface area contributed by atoms with Crippen molar-refractivity contribution in [1.82, 2.24) is 0 Å². The lowest BCUT2D eigenvalue weighted by molar-refractivity contribution is 0.466. The van der Waals surface area contributed by atoms with E-state index in [9.17, 15) is 10.2 Å². The number of aliphatic imine (C=N–C) groups is 1. The number of halogens is 2. The predicted molar refractivity (Wildman–Crippen MR) is 105 cm³/mol. The fraction of sp³-hybridized carbons (Fsp3) is 0.0500. The van der Waals surface area contributed by atoms with Crippen molar-refractivity contribution in [2.75, 3.05) is 5.32 Å². The molecule has 0 amide bonds. The Morgan fingerprint density at radius 1 is 0.846 bits per heavy atom. The van der Waals surface area contributed by atoms with E-state index in [-0.39, 0.29) is 11.5 Å². The molecule has 6 heteroatoms. The summed E-state index contributed by atoms with van der Waals surface area (Å²) in [5.74, 6) is 0.140. The number of hydrogen-bond acceptors (Lipinski definition) is 4. The van der Waals surface area contributed by atoms with Crippen molar-refractivity contribution in [2.45, 2.75) is 6.04 Å². The molecule has 4 rings (SSSR count). The van der Waals surface area contributed by atoms with Gasteiger partial charge >= 0.3 is 0 Å². The van der Waals surface area contributed by atoms with E-state index in [1.54, 1.807) is 24.3 Å². The molecule has 1 unspecified atom stereocenters. The van der Waals surface area contributed by atoms with Gasteiger partial charge in [-0.1, -0.05) is 35.3 Å². The standard InChI is InChI=1S/C20H14Cl2N2O2/c21-11-5-7-17(25)13(9-11)19-20(14-10-12(22)6-8-18(14)26)24-16-4-2-1-3-15(16)23-19/h1-10,19,23,25-26H. The lowest BCUT2D eigenvalue weighted by Crippen LogP contribution is -2.25. The first kappa shape index (κ1) is 16.8. The van der Waals surface area contributed by atoms with Gasteiger partial charge in [-0.05, 0) is 48.5 Å². The van der Waals surface area contributed by atoms with Crippen LogP contribution < -0.4 is 5.32 Å². The molecule has 0 aliphatic carbocycles. The van der Waals surface area contributed by atoms with Gasteiger partial charge in [0.1, 0.15) is 11.5 Å². The minimum atomic E-state index is -0.507. The summed E-state index contributed by atoms with van der Waals surface area (Å²) in [6.45, 7) is 0. The molecule has 130 valence electrons. The Hall–Kier alpha value is -2.69. The molecular weight excluding hydrogens is 371 g/mol. The van der Waals surface area contributed by atoms with Crippen LogP contribution in [0.2, 0.25) is 10.0 Å². The number of rotatable bonds is 2. The van der Waals surface area contributed by atoms with Crippen LogP contribution in [0.25, 0.3) is 0 Å². The van der Waals surface area contributed by atoms with Crippen molar-refractivity contribution in [1.29, 1.82) is 0 Å². The highest BCUT2D eigenvalue weighted by molar-refractivity contribution is 6.31. The van der Waals surface area contributed by atoms with Gasteiger partial charge in [0.15, 0.2) is 0 Å². The Morgan fingerprint density at radius 3 is 2.35 bits per heavy atom. The third-order valence-electron chi connectivity index (χ3n) is 4.25. The monoisotopic (exact) mass is 384 g/mol. The summed E-state index contributed by atoms with van der Waals surface area (Å²) >= 11 is 12.3. The molecule has 3 aromatic rings. The van der Waals surface area contributed by atoms with Crippen LogP contribution >= 0.6 is 23.2 Å². The normalized spacial score (nSPS) is 15.8.